The predicted molar refractivity (Wildman–Crippen MR) is 101 cm³/mol. The van der Waals surface area contributed by atoms with Crippen LogP contribution in [0.3, 0.4) is 0 Å². The van der Waals surface area contributed by atoms with Gasteiger partial charge in [-0.25, -0.2) is 0 Å². The van der Waals surface area contributed by atoms with Crippen LogP contribution >= 0.6 is 0 Å². The smallest absolute Gasteiger partial charge is 0.251 e. The Balaban J connectivity index is 1.41. The maximum Gasteiger partial charge on any atom is 0.251 e. The molecule has 0 saturated heterocycles. The van der Waals surface area contributed by atoms with Gasteiger partial charge in [0, 0.05) is 29.0 Å². The molecule has 1 aliphatic carbocycles. The third kappa shape index (κ3) is 3.43. The Morgan fingerprint density at radius 1 is 1.19 bits per heavy atom. The van der Waals surface area contributed by atoms with Crippen LogP contribution in [0.25, 0.3) is 10.9 Å². The first-order chi connectivity index (χ1) is 12.7. The number of aryl methyl sites for hydroxylation is 1. The number of rotatable bonds is 4. The number of nitrogens with zero attached hydrogens (tertiary/aromatic N) is 1. The first kappa shape index (κ1) is 16.6. The maximum absolute atomic E-state index is 12.4. The fraction of sp³-hybridized carbons (Fsp3) is 0.333. The van der Waals surface area contributed by atoms with Crippen LogP contribution in [-0.4, -0.2) is 28.3 Å². The zero-order valence-corrected chi connectivity index (χ0v) is 14.9. The number of fused-ring (bicyclic) bond motifs is 1. The second-order valence-corrected chi connectivity index (χ2v) is 6.96. The van der Waals surface area contributed by atoms with Gasteiger partial charge in [0.05, 0.1) is 11.7 Å². The minimum absolute atomic E-state index is 0.00718. The lowest BCUT2D eigenvalue weighted by Gasteiger charge is -2.30. The van der Waals surface area contributed by atoms with Gasteiger partial charge in [0.1, 0.15) is 11.9 Å². The molecule has 1 amide bonds. The molecule has 5 heteroatoms. The summed E-state index contributed by atoms with van der Waals surface area (Å²) in [4.78, 5) is 12.4. The minimum Gasteiger partial charge on any atom is -0.490 e. The summed E-state index contributed by atoms with van der Waals surface area (Å²) < 4.78 is 6.29. The number of ether oxygens (including phenoxy) is 1. The molecule has 26 heavy (non-hydrogen) atoms. The lowest BCUT2D eigenvalue weighted by Crippen LogP contribution is -2.41. The van der Waals surface area contributed by atoms with Gasteiger partial charge in [-0.05, 0) is 50.5 Å². The predicted octanol–water partition coefficient (Wildman–Crippen LogP) is 3.99. The van der Waals surface area contributed by atoms with Gasteiger partial charge >= 0.3 is 0 Å². The summed E-state index contributed by atoms with van der Waals surface area (Å²) in [6.45, 7) is 2.06. The summed E-state index contributed by atoms with van der Waals surface area (Å²) in [5.41, 5.74) is 2.83. The zero-order valence-electron chi connectivity index (χ0n) is 14.9. The highest BCUT2D eigenvalue weighted by Crippen LogP contribution is 2.30. The average Bonchev–Trinajstić information content (AvgIpc) is 3.15. The van der Waals surface area contributed by atoms with E-state index in [1.54, 1.807) is 0 Å². The van der Waals surface area contributed by atoms with E-state index >= 15 is 0 Å². The normalized spacial score (nSPS) is 20.0. The summed E-state index contributed by atoms with van der Waals surface area (Å²) in [6, 6.07) is 13.5. The molecule has 2 unspecified atom stereocenters. The topological polar surface area (TPSA) is 67.0 Å². The van der Waals surface area contributed by atoms with E-state index in [1.165, 1.54) is 0 Å². The Hall–Kier alpha value is -2.82. The molecule has 0 spiro atoms. The van der Waals surface area contributed by atoms with Crippen molar-refractivity contribution in [2.75, 3.05) is 0 Å². The van der Waals surface area contributed by atoms with Crippen LogP contribution in [0.2, 0.25) is 0 Å². The summed E-state index contributed by atoms with van der Waals surface area (Å²) >= 11 is 0. The quantitative estimate of drug-likeness (QED) is 0.748. The molecule has 0 radical (unpaired) electrons. The van der Waals surface area contributed by atoms with Crippen LogP contribution in [-0.2, 0) is 0 Å². The van der Waals surface area contributed by atoms with Gasteiger partial charge in [-0.2, -0.15) is 5.10 Å². The second-order valence-electron chi connectivity index (χ2n) is 6.96. The summed E-state index contributed by atoms with van der Waals surface area (Å²) in [5.74, 6) is 0.895. The van der Waals surface area contributed by atoms with E-state index in [1.807, 2.05) is 48.7 Å². The van der Waals surface area contributed by atoms with Crippen LogP contribution in [0.4, 0.5) is 0 Å². The van der Waals surface area contributed by atoms with Crippen molar-refractivity contribution in [2.24, 2.45) is 0 Å². The molecule has 0 aliphatic heterocycles. The van der Waals surface area contributed by atoms with Crippen molar-refractivity contribution >= 4 is 16.8 Å². The molecule has 0 bridgehead atoms. The molecular formula is C21H23N3O2. The molecule has 134 valence electrons. The molecule has 3 aromatic rings. The number of benzene rings is 2. The largest absolute Gasteiger partial charge is 0.490 e. The first-order valence-electron chi connectivity index (χ1n) is 9.16. The van der Waals surface area contributed by atoms with Crippen LogP contribution in [0.5, 0.6) is 5.75 Å². The van der Waals surface area contributed by atoms with Crippen molar-refractivity contribution in [1.82, 2.24) is 15.5 Å². The summed E-state index contributed by atoms with van der Waals surface area (Å²) in [7, 11) is 0. The van der Waals surface area contributed by atoms with Crippen LogP contribution in [0.1, 0.15) is 41.6 Å². The number of carbonyl (C=O) groups is 1. The first-order valence-corrected chi connectivity index (χ1v) is 9.16. The molecule has 2 N–H and O–H groups in total. The van der Waals surface area contributed by atoms with Gasteiger partial charge in [0.2, 0.25) is 0 Å². The third-order valence-corrected chi connectivity index (χ3v) is 5.13. The minimum atomic E-state index is -0.00718. The van der Waals surface area contributed by atoms with Gasteiger partial charge in [0.15, 0.2) is 0 Å². The van der Waals surface area contributed by atoms with Gasteiger partial charge in [-0.3, -0.25) is 9.89 Å². The van der Waals surface area contributed by atoms with Gasteiger partial charge < -0.3 is 10.1 Å². The van der Waals surface area contributed by atoms with Crippen LogP contribution in [0, 0.1) is 6.92 Å². The molecule has 1 aromatic heterocycles. The van der Waals surface area contributed by atoms with E-state index in [2.05, 4.69) is 22.4 Å². The highest BCUT2D eigenvalue weighted by atomic mass is 16.5. The van der Waals surface area contributed by atoms with E-state index in [0.717, 1.165) is 47.9 Å². The molecule has 5 nitrogen and oxygen atoms in total. The van der Waals surface area contributed by atoms with E-state index in [9.17, 15) is 4.79 Å². The molecule has 2 atom stereocenters. The Morgan fingerprint density at radius 2 is 2.04 bits per heavy atom. The highest BCUT2D eigenvalue weighted by molar-refractivity contribution is 5.94. The summed E-state index contributed by atoms with van der Waals surface area (Å²) in [6.07, 6.45) is 5.85. The molecule has 1 fully saturated rings. The second kappa shape index (κ2) is 7.20. The van der Waals surface area contributed by atoms with Gasteiger partial charge in [-0.15, -0.1) is 0 Å². The van der Waals surface area contributed by atoms with Crippen molar-refractivity contribution in [3.63, 3.8) is 0 Å². The van der Waals surface area contributed by atoms with Crippen molar-refractivity contribution in [3.05, 3.63) is 59.8 Å². The molecule has 1 saturated carbocycles. The third-order valence-electron chi connectivity index (χ3n) is 5.13. The molecular weight excluding hydrogens is 326 g/mol. The van der Waals surface area contributed by atoms with Crippen LogP contribution < -0.4 is 10.1 Å². The lowest BCUT2D eigenvalue weighted by molar-refractivity contribution is 0.0882. The van der Waals surface area contributed by atoms with Crippen molar-refractivity contribution in [2.45, 2.75) is 44.8 Å². The van der Waals surface area contributed by atoms with E-state index in [4.69, 9.17) is 4.74 Å². The summed E-state index contributed by atoms with van der Waals surface area (Å²) in [5, 5.41) is 11.3. The van der Waals surface area contributed by atoms with Crippen molar-refractivity contribution < 1.29 is 9.53 Å². The highest BCUT2D eigenvalue weighted by Gasteiger charge is 2.25. The zero-order chi connectivity index (χ0) is 17.9. The van der Waals surface area contributed by atoms with E-state index < -0.39 is 0 Å². The lowest BCUT2D eigenvalue weighted by atomic mass is 9.92. The number of aromatic nitrogens is 2. The Labute approximate surface area is 152 Å². The SMILES string of the molecule is Cc1c(OC2CCCC(NC(=O)c3ccccc3)C2)ccc2[nH]ncc12. The van der Waals surface area contributed by atoms with Crippen molar-refractivity contribution in [3.8, 4) is 5.75 Å². The number of hydrogen-bond donors (Lipinski definition) is 2. The number of aromatic amines is 1. The number of amides is 1. The number of hydrogen-bond acceptors (Lipinski definition) is 3. The average molecular weight is 349 g/mol. The number of carbonyl (C=O) groups excluding carboxylic acids is 1. The fourth-order valence-corrected chi connectivity index (χ4v) is 3.69. The Morgan fingerprint density at radius 3 is 2.88 bits per heavy atom. The molecule has 1 aliphatic rings. The molecule has 4 rings (SSSR count). The van der Waals surface area contributed by atoms with Gasteiger partial charge in [0.25, 0.3) is 5.91 Å². The fourth-order valence-electron chi connectivity index (χ4n) is 3.69. The van der Waals surface area contributed by atoms with Crippen LogP contribution in [0.15, 0.2) is 48.7 Å². The van der Waals surface area contributed by atoms with E-state index in [0.29, 0.717) is 5.56 Å². The molecule has 1 heterocycles. The Kier molecular flexibility index (Phi) is 4.61. The van der Waals surface area contributed by atoms with E-state index in [-0.39, 0.29) is 18.1 Å². The number of H-pyrrole nitrogens is 1. The maximum atomic E-state index is 12.4. The Bertz CT molecular complexity index is 904. The van der Waals surface area contributed by atoms with Gasteiger partial charge in [-0.1, -0.05) is 18.2 Å². The van der Waals surface area contributed by atoms with Crippen molar-refractivity contribution in [1.29, 1.82) is 0 Å². The standard InChI is InChI=1S/C21H23N3O2/c1-14-18-13-22-24-19(18)10-11-20(14)26-17-9-5-8-16(12-17)23-21(25)15-6-3-2-4-7-15/h2-4,6-7,10-11,13,16-17H,5,8-9,12H2,1H3,(H,22,24)(H,23,25). The molecule has 2 aromatic carbocycles. The monoisotopic (exact) mass is 349 g/mol. The number of nitrogens with one attached hydrogen (secondary N) is 2.